The van der Waals surface area contributed by atoms with E-state index in [0.29, 0.717) is 25.1 Å². The monoisotopic (exact) mass is 276 g/mol. The van der Waals surface area contributed by atoms with Crippen LogP contribution in [0.25, 0.3) is 0 Å². The van der Waals surface area contributed by atoms with Crippen LogP contribution in [0.5, 0.6) is 0 Å². The molecule has 0 radical (unpaired) electrons. The van der Waals surface area contributed by atoms with E-state index < -0.39 is 11.5 Å². The fraction of sp³-hybridized carbons (Fsp3) is 0.467. The molecule has 5 heteroatoms. The van der Waals surface area contributed by atoms with Crippen molar-refractivity contribution in [2.24, 2.45) is 5.73 Å². The zero-order valence-corrected chi connectivity index (χ0v) is 11.8. The predicted molar refractivity (Wildman–Crippen MR) is 77.0 cm³/mol. The lowest BCUT2D eigenvalue weighted by molar-refractivity contribution is -0.123. The Bertz CT molecular complexity index is 550. The first-order valence-corrected chi connectivity index (χ1v) is 6.90. The van der Waals surface area contributed by atoms with Crippen LogP contribution in [0, 0.1) is 0 Å². The number of carbonyl (C=O) groups is 2. The third-order valence-electron chi connectivity index (χ3n) is 4.16. The number of fused-ring (bicyclic) bond motifs is 1. The van der Waals surface area contributed by atoms with Crippen molar-refractivity contribution in [3.05, 3.63) is 29.3 Å². The molecule has 0 unspecified atom stereocenters. The Morgan fingerprint density at radius 3 is 2.55 bits per heavy atom. The van der Waals surface area contributed by atoms with E-state index in [1.54, 1.807) is 23.1 Å². The highest BCUT2D eigenvalue weighted by molar-refractivity contribution is 6.02. The van der Waals surface area contributed by atoms with Crippen molar-refractivity contribution in [1.82, 2.24) is 0 Å². The summed E-state index contributed by atoms with van der Waals surface area (Å²) in [6.45, 7) is 4.36. The number of nitrogens with two attached hydrogens (primary N) is 1. The molecule has 0 aliphatic carbocycles. The molecular weight excluding hydrogens is 256 g/mol. The summed E-state index contributed by atoms with van der Waals surface area (Å²) in [6.07, 6.45) is 1.87. The van der Waals surface area contributed by atoms with E-state index in [2.05, 4.69) is 0 Å². The summed E-state index contributed by atoms with van der Waals surface area (Å²) in [5, 5.41) is 9.07. The van der Waals surface area contributed by atoms with E-state index in [1.807, 2.05) is 13.8 Å². The van der Waals surface area contributed by atoms with E-state index in [1.165, 1.54) is 0 Å². The van der Waals surface area contributed by atoms with Crippen molar-refractivity contribution in [1.29, 1.82) is 0 Å². The average molecular weight is 276 g/mol. The van der Waals surface area contributed by atoms with E-state index in [0.717, 1.165) is 12.0 Å². The SMILES string of the molecule is CCC(N)(CC)C(=O)N1CCc2ccc(C(=O)O)cc21. The van der Waals surface area contributed by atoms with E-state index >= 15 is 0 Å². The van der Waals surface area contributed by atoms with Gasteiger partial charge in [0.15, 0.2) is 0 Å². The minimum Gasteiger partial charge on any atom is -0.478 e. The molecule has 3 N–H and O–H groups in total. The van der Waals surface area contributed by atoms with Crippen molar-refractivity contribution >= 4 is 17.6 Å². The van der Waals surface area contributed by atoms with Crippen LogP contribution >= 0.6 is 0 Å². The van der Waals surface area contributed by atoms with E-state index in [9.17, 15) is 9.59 Å². The van der Waals surface area contributed by atoms with Crippen molar-refractivity contribution in [3.8, 4) is 0 Å². The first kappa shape index (κ1) is 14.5. The Hall–Kier alpha value is -1.88. The number of benzene rings is 1. The van der Waals surface area contributed by atoms with Gasteiger partial charge >= 0.3 is 5.97 Å². The molecule has 0 aromatic heterocycles. The number of carboxylic acids is 1. The Balaban J connectivity index is 2.38. The molecule has 0 saturated carbocycles. The maximum Gasteiger partial charge on any atom is 0.335 e. The number of rotatable bonds is 4. The lowest BCUT2D eigenvalue weighted by atomic mass is 9.92. The van der Waals surface area contributed by atoms with E-state index in [-0.39, 0.29) is 11.5 Å². The quantitative estimate of drug-likeness (QED) is 0.878. The maximum atomic E-state index is 12.6. The summed E-state index contributed by atoms with van der Waals surface area (Å²) >= 11 is 0. The minimum absolute atomic E-state index is 0.121. The van der Waals surface area contributed by atoms with Crippen LogP contribution in [0.2, 0.25) is 0 Å². The highest BCUT2D eigenvalue weighted by atomic mass is 16.4. The highest BCUT2D eigenvalue weighted by Gasteiger charge is 2.37. The molecule has 108 valence electrons. The first-order chi connectivity index (χ1) is 9.42. The number of hydrogen-bond acceptors (Lipinski definition) is 3. The van der Waals surface area contributed by atoms with Crippen LogP contribution in [0.15, 0.2) is 18.2 Å². The summed E-state index contributed by atoms with van der Waals surface area (Å²) in [6, 6.07) is 4.92. The summed E-state index contributed by atoms with van der Waals surface area (Å²) in [5.41, 5.74) is 7.17. The molecule has 1 amide bonds. The number of carbonyl (C=O) groups excluding carboxylic acids is 1. The van der Waals surface area contributed by atoms with Crippen LogP contribution in [0.1, 0.15) is 42.6 Å². The summed E-state index contributed by atoms with van der Waals surface area (Å²) in [4.78, 5) is 25.3. The molecular formula is C15H20N2O3. The molecule has 0 saturated heterocycles. The van der Waals surface area contributed by atoms with Gasteiger partial charge in [0.1, 0.15) is 0 Å². The molecule has 0 bridgehead atoms. The van der Waals surface area contributed by atoms with Gasteiger partial charge in [0.25, 0.3) is 0 Å². The summed E-state index contributed by atoms with van der Waals surface area (Å²) in [5.74, 6) is -1.11. The molecule has 1 heterocycles. The van der Waals surface area contributed by atoms with Gasteiger partial charge in [0.2, 0.25) is 5.91 Å². The highest BCUT2D eigenvalue weighted by Crippen LogP contribution is 2.31. The molecule has 1 aromatic carbocycles. The summed E-state index contributed by atoms with van der Waals surface area (Å²) in [7, 11) is 0. The van der Waals surface area contributed by atoms with Gasteiger partial charge in [-0.15, -0.1) is 0 Å². The van der Waals surface area contributed by atoms with Crippen molar-refractivity contribution in [2.75, 3.05) is 11.4 Å². The number of hydrogen-bond donors (Lipinski definition) is 2. The van der Waals surface area contributed by atoms with Gasteiger partial charge in [-0.1, -0.05) is 19.9 Å². The van der Waals surface area contributed by atoms with Crippen LogP contribution < -0.4 is 10.6 Å². The molecule has 20 heavy (non-hydrogen) atoms. The minimum atomic E-state index is -0.989. The third kappa shape index (κ3) is 2.29. The number of nitrogens with zero attached hydrogens (tertiary/aromatic N) is 1. The number of aromatic carboxylic acids is 1. The zero-order valence-electron chi connectivity index (χ0n) is 11.8. The van der Waals surface area contributed by atoms with Gasteiger partial charge < -0.3 is 15.7 Å². The lowest BCUT2D eigenvalue weighted by Gasteiger charge is -2.31. The largest absolute Gasteiger partial charge is 0.478 e. The fourth-order valence-corrected chi connectivity index (χ4v) is 2.54. The Morgan fingerprint density at radius 1 is 1.35 bits per heavy atom. The molecule has 0 atom stereocenters. The second-order valence-corrected chi connectivity index (χ2v) is 5.22. The van der Waals surface area contributed by atoms with Gasteiger partial charge in [-0.05, 0) is 37.0 Å². The standard InChI is InChI=1S/C15H20N2O3/c1-3-15(16,4-2)14(20)17-8-7-10-5-6-11(13(18)19)9-12(10)17/h5-6,9H,3-4,7-8,16H2,1-2H3,(H,18,19). The smallest absolute Gasteiger partial charge is 0.335 e. The normalized spacial score (nSPS) is 14.2. The molecule has 1 aliphatic heterocycles. The van der Waals surface area contributed by atoms with Gasteiger partial charge in [-0.25, -0.2) is 4.79 Å². The fourth-order valence-electron chi connectivity index (χ4n) is 2.54. The van der Waals surface area contributed by atoms with Gasteiger partial charge in [-0.2, -0.15) is 0 Å². The molecule has 0 fully saturated rings. The van der Waals surface area contributed by atoms with Crippen LogP contribution in [0.4, 0.5) is 5.69 Å². The molecule has 0 spiro atoms. The van der Waals surface area contributed by atoms with Gasteiger partial charge in [-0.3, -0.25) is 4.79 Å². The second-order valence-electron chi connectivity index (χ2n) is 5.22. The molecule has 2 rings (SSSR count). The Kier molecular flexibility index (Phi) is 3.81. The predicted octanol–water partition coefficient (Wildman–Crippen LogP) is 1.79. The van der Waals surface area contributed by atoms with Crippen LogP contribution in [-0.2, 0) is 11.2 Å². The molecule has 5 nitrogen and oxygen atoms in total. The van der Waals surface area contributed by atoms with Crippen LogP contribution in [-0.4, -0.2) is 29.1 Å². The van der Waals surface area contributed by atoms with Crippen molar-refractivity contribution in [3.63, 3.8) is 0 Å². The first-order valence-electron chi connectivity index (χ1n) is 6.90. The van der Waals surface area contributed by atoms with Crippen LogP contribution in [0.3, 0.4) is 0 Å². The summed E-state index contributed by atoms with van der Waals surface area (Å²) < 4.78 is 0. The zero-order chi connectivity index (χ0) is 14.9. The maximum absolute atomic E-state index is 12.6. The Morgan fingerprint density at radius 2 is 2.00 bits per heavy atom. The second kappa shape index (κ2) is 5.25. The number of amides is 1. The van der Waals surface area contributed by atoms with Gasteiger partial charge in [0, 0.05) is 12.2 Å². The Labute approximate surface area is 118 Å². The van der Waals surface area contributed by atoms with Gasteiger partial charge in [0.05, 0.1) is 11.1 Å². The van der Waals surface area contributed by atoms with E-state index in [4.69, 9.17) is 10.8 Å². The molecule has 1 aliphatic rings. The van der Waals surface area contributed by atoms with Crippen molar-refractivity contribution in [2.45, 2.75) is 38.6 Å². The third-order valence-corrected chi connectivity index (χ3v) is 4.16. The molecule has 1 aromatic rings. The average Bonchev–Trinajstić information content (AvgIpc) is 2.88. The van der Waals surface area contributed by atoms with Crippen molar-refractivity contribution < 1.29 is 14.7 Å². The lowest BCUT2D eigenvalue weighted by Crippen LogP contribution is -2.54. The topological polar surface area (TPSA) is 83.6 Å². The number of carboxylic acid groups (broad SMARTS) is 1. The number of anilines is 1.